The number of pyridine rings is 1. The van der Waals surface area contributed by atoms with Crippen LogP contribution in [0, 0.1) is 17.6 Å². The molecule has 1 amide bonds. The molecule has 2 fully saturated rings. The Labute approximate surface area is 182 Å². The van der Waals surface area contributed by atoms with Gasteiger partial charge in [-0.2, -0.15) is 0 Å². The van der Waals surface area contributed by atoms with Gasteiger partial charge < -0.3 is 9.80 Å². The highest BCUT2D eigenvalue weighted by atomic mass is 19.2. The molecule has 0 unspecified atom stereocenters. The average molecular weight is 429 g/mol. The number of hydrogen-bond donors (Lipinski definition) is 0. The van der Waals surface area contributed by atoms with Crippen LogP contribution < -0.4 is 4.90 Å². The monoisotopic (exact) mass is 428 g/mol. The van der Waals surface area contributed by atoms with E-state index in [-0.39, 0.29) is 5.91 Å². The minimum atomic E-state index is -0.806. The summed E-state index contributed by atoms with van der Waals surface area (Å²) in [6.45, 7) is 5.59. The van der Waals surface area contributed by atoms with Crippen molar-refractivity contribution in [2.45, 2.75) is 32.2 Å². The molecule has 2 aliphatic rings. The zero-order valence-electron chi connectivity index (χ0n) is 17.9. The molecule has 7 heteroatoms. The number of piperidine rings is 1. The molecule has 1 aromatic carbocycles. The number of halogens is 2. The maximum absolute atomic E-state index is 13.5. The summed E-state index contributed by atoms with van der Waals surface area (Å²) in [5.41, 5.74) is 0.793. The molecule has 0 N–H and O–H groups in total. The van der Waals surface area contributed by atoms with Crippen LogP contribution in [-0.4, -0.2) is 60.0 Å². The number of amides is 1. The van der Waals surface area contributed by atoms with Gasteiger partial charge in [0.15, 0.2) is 11.6 Å². The van der Waals surface area contributed by atoms with Gasteiger partial charge in [0.05, 0.1) is 0 Å². The molecule has 2 aromatic rings. The van der Waals surface area contributed by atoms with Crippen molar-refractivity contribution in [2.24, 2.45) is 5.92 Å². The van der Waals surface area contributed by atoms with Gasteiger partial charge in [-0.25, -0.2) is 13.8 Å². The van der Waals surface area contributed by atoms with Crippen LogP contribution in [-0.2, 0) is 11.3 Å². The average Bonchev–Trinajstić information content (AvgIpc) is 2.81. The van der Waals surface area contributed by atoms with E-state index < -0.39 is 11.6 Å². The molecule has 31 heavy (non-hydrogen) atoms. The number of piperazine rings is 1. The van der Waals surface area contributed by atoms with E-state index >= 15 is 0 Å². The van der Waals surface area contributed by atoms with Crippen LogP contribution in [0.1, 0.15) is 31.2 Å². The van der Waals surface area contributed by atoms with Crippen molar-refractivity contribution in [3.8, 4) is 0 Å². The van der Waals surface area contributed by atoms with Gasteiger partial charge in [0.1, 0.15) is 5.82 Å². The number of rotatable bonds is 6. The van der Waals surface area contributed by atoms with E-state index in [1.807, 2.05) is 23.1 Å². The maximum Gasteiger partial charge on any atom is 0.222 e. The molecule has 4 rings (SSSR count). The normalized spacial score (nSPS) is 20.1. The lowest BCUT2D eigenvalue weighted by Crippen LogP contribution is -2.49. The molecule has 0 spiro atoms. The number of carbonyl (C=O) groups is 1. The Bertz CT molecular complexity index is 871. The van der Waals surface area contributed by atoms with Crippen LogP contribution >= 0.6 is 0 Å². The van der Waals surface area contributed by atoms with Gasteiger partial charge in [-0.05, 0) is 61.6 Å². The molecule has 0 aliphatic carbocycles. The fourth-order valence-electron chi connectivity index (χ4n) is 4.64. The van der Waals surface area contributed by atoms with E-state index in [9.17, 15) is 13.6 Å². The van der Waals surface area contributed by atoms with Gasteiger partial charge in [0, 0.05) is 51.9 Å². The fraction of sp³-hybridized carbons (Fsp3) is 0.500. The molecular formula is C24H30F2N4O. The van der Waals surface area contributed by atoms with Gasteiger partial charge in [-0.15, -0.1) is 0 Å². The number of hydrogen-bond acceptors (Lipinski definition) is 4. The molecular weight excluding hydrogens is 398 g/mol. The van der Waals surface area contributed by atoms with E-state index in [0.29, 0.717) is 18.9 Å². The van der Waals surface area contributed by atoms with E-state index in [0.717, 1.165) is 69.9 Å². The number of carbonyl (C=O) groups excluding carboxylic acids is 1. The summed E-state index contributed by atoms with van der Waals surface area (Å²) in [5, 5.41) is 0. The molecule has 0 bridgehead atoms. The van der Waals surface area contributed by atoms with Crippen LogP contribution in [0.25, 0.3) is 0 Å². The fourth-order valence-corrected chi connectivity index (χ4v) is 4.64. The molecule has 166 valence electrons. The Hall–Kier alpha value is -2.54. The first-order valence-electron chi connectivity index (χ1n) is 11.2. The van der Waals surface area contributed by atoms with Gasteiger partial charge >= 0.3 is 0 Å². The molecule has 2 saturated heterocycles. The molecule has 0 saturated carbocycles. The lowest BCUT2D eigenvalue weighted by Gasteiger charge is -2.36. The lowest BCUT2D eigenvalue weighted by molar-refractivity contribution is -0.131. The Morgan fingerprint density at radius 1 is 1.03 bits per heavy atom. The number of nitrogens with zero attached hydrogens (tertiary/aromatic N) is 4. The SMILES string of the molecule is O=C(CC[C@H]1CCCN(Cc2ccc(F)c(F)c2)C1)N1CCN(c2ccccn2)CC1. The first kappa shape index (κ1) is 21.7. The number of anilines is 1. The first-order valence-corrected chi connectivity index (χ1v) is 11.2. The number of benzene rings is 1. The highest BCUT2D eigenvalue weighted by Gasteiger charge is 2.24. The summed E-state index contributed by atoms with van der Waals surface area (Å²) < 4.78 is 26.6. The minimum Gasteiger partial charge on any atom is -0.353 e. The zero-order chi connectivity index (χ0) is 21.6. The summed E-state index contributed by atoms with van der Waals surface area (Å²) in [5.74, 6) is 0.0774. The van der Waals surface area contributed by atoms with Crippen molar-refractivity contribution in [3.63, 3.8) is 0 Å². The molecule has 5 nitrogen and oxygen atoms in total. The van der Waals surface area contributed by atoms with E-state index in [1.165, 1.54) is 12.1 Å². The van der Waals surface area contributed by atoms with Gasteiger partial charge in [-0.1, -0.05) is 12.1 Å². The third-order valence-electron chi connectivity index (χ3n) is 6.37. The van der Waals surface area contributed by atoms with Crippen LogP contribution in [0.3, 0.4) is 0 Å². The first-order chi connectivity index (χ1) is 15.1. The standard InChI is InChI=1S/C24H30F2N4O/c25-21-8-6-20(16-22(21)26)18-28-11-3-4-19(17-28)7-9-24(31)30-14-12-29(13-15-30)23-5-1-2-10-27-23/h1-2,5-6,8,10,16,19H,3-4,7,9,11-15,17-18H2/t19-/m1/s1. The summed E-state index contributed by atoms with van der Waals surface area (Å²) in [7, 11) is 0. The highest BCUT2D eigenvalue weighted by molar-refractivity contribution is 5.76. The lowest BCUT2D eigenvalue weighted by atomic mass is 9.92. The second kappa shape index (κ2) is 10.2. The second-order valence-corrected chi connectivity index (χ2v) is 8.59. The summed E-state index contributed by atoms with van der Waals surface area (Å²) >= 11 is 0. The van der Waals surface area contributed by atoms with Crippen LogP contribution in [0.2, 0.25) is 0 Å². The third kappa shape index (κ3) is 5.79. The summed E-state index contributed by atoms with van der Waals surface area (Å²) in [4.78, 5) is 23.6. The quantitative estimate of drug-likeness (QED) is 0.704. The molecule has 1 aromatic heterocycles. The van der Waals surface area contributed by atoms with Crippen molar-refractivity contribution in [3.05, 3.63) is 59.8 Å². The summed E-state index contributed by atoms with van der Waals surface area (Å²) in [6.07, 6.45) is 5.45. The summed E-state index contributed by atoms with van der Waals surface area (Å²) in [6, 6.07) is 10.0. The minimum absolute atomic E-state index is 0.235. The predicted octanol–water partition coefficient (Wildman–Crippen LogP) is 3.70. The van der Waals surface area contributed by atoms with Crippen LogP contribution in [0.15, 0.2) is 42.6 Å². The van der Waals surface area contributed by atoms with Crippen molar-refractivity contribution in [1.29, 1.82) is 0 Å². The van der Waals surface area contributed by atoms with Crippen molar-refractivity contribution < 1.29 is 13.6 Å². The molecule has 1 atom stereocenters. The number of likely N-dealkylation sites (tertiary alicyclic amines) is 1. The van der Waals surface area contributed by atoms with E-state index in [2.05, 4.69) is 14.8 Å². The topological polar surface area (TPSA) is 39.7 Å². The van der Waals surface area contributed by atoms with Gasteiger partial charge in [-0.3, -0.25) is 9.69 Å². The van der Waals surface area contributed by atoms with Crippen molar-refractivity contribution in [1.82, 2.24) is 14.8 Å². The Morgan fingerprint density at radius 2 is 1.87 bits per heavy atom. The van der Waals surface area contributed by atoms with Crippen molar-refractivity contribution >= 4 is 11.7 Å². The Balaban J connectivity index is 1.21. The predicted molar refractivity (Wildman–Crippen MR) is 117 cm³/mol. The second-order valence-electron chi connectivity index (χ2n) is 8.59. The van der Waals surface area contributed by atoms with Crippen molar-refractivity contribution in [2.75, 3.05) is 44.2 Å². The molecule has 2 aliphatic heterocycles. The molecule has 3 heterocycles. The van der Waals surface area contributed by atoms with E-state index in [1.54, 1.807) is 12.3 Å². The van der Waals surface area contributed by atoms with Crippen LogP contribution in [0.5, 0.6) is 0 Å². The third-order valence-corrected chi connectivity index (χ3v) is 6.37. The van der Waals surface area contributed by atoms with Gasteiger partial charge in [0.25, 0.3) is 0 Å². The maximum atomic E-state index is 13.5. The van der Waals surface area contributed by atoms with E-state index in [4.69, 9.17) is 0 Å². The highest BCUT2D eigenvalue weighted by Crippen LogP contribution is 2.24. The van der Waals surface area contributed by atoms with Gasteiger partial charge in [0.2, 0.25) is 5.91 Å². The number of aromatic nitrogens is 1. The van der Waals surface area contributed by atoms with Crippen LogP contribution in [0.4, 0.5) is 14.6 Å². The zero-order valence-corrected chi connectivity index (χ0v) is 17.9. The Kier molecular flexibility index (Phi) is 7.12. The molecule has 0 radical (unpaired) electrons. The smallest absolute Gasteiger partial charge is 0.222 e. The largest absolute Gasteiger partial charge is 0.353 e. The Morgan fingerprint density at radius 3 is 2.61 bits per heavy atom.